The molecule has 2 aliphatic rings. The van der Waals surface area contributed by atoms with E-state index < -0.39 is 103 Å². The van der Waals surface area contributed by atoms with Gasteiger partial charge in [0.1, 0.15) is 30.5 Å². The molecule has 18 atom stereocenters. The lowest BCUT2D eigenvalue weighted by Crippen LogP contribution is -2.65. The zero-order chi connectivity index (χ0) is 61.7. The third-order valence-corrected chi connectivity index (χ3v) is 18.0. The quantitative estimate of drug-likeness (QED) is 0.0170. The van der Waals surface area contributed by atoms with Crippen molar-refractivity contribution in [3.8, 4) is 0 Å². The Bertz CT molecular complexity index is 1740. The highest BCUT2D eigenvalue weighted by Crippen LogP contribution is 2.35. The number of ether oxygens (including phenoxy) is 5. The van der Waals surface area contributed by atoms with Gasteiger partial charge >= 0.3 is 22.3 Å². The molecule has 2 saturated heterocycles. The molecular weight excluding hydrogens is 1080 g/mol. The Hall–Kier alpha value is -1.55. The lowest BCUT2D eigenvalue weighted by molar-refractivity contribution is -0.374. The molecule has 0 unspecified atom stereocenters. The van der Waals surface area contributed by atoms with Gasteiger partial charge in [0.15, 0.2) is 24.6 Å². The van der Waals surface area contributed by atoms with Crippen molar-refractivity contribution in [1.29, 1.82) is 0 Å². The highest BCUT2D eigenvalue weighted by atomic mass is 32.3. The van der Waals surface area contributed by atoms with Crippen LogP contribution in [0.1, 0.15) is 281 Å². The second kappa shape index (κ2) is 44.8. The Morgan fingerprint density at radius 2 is 0.843 bits per heavy atom. The van der Waals surface area contributed by atoms with Crippen LogP contribution in [0.25, 0.3) is 0 Å². The van der Waals surface area contributed by atoms with E-state index in [9.17, 15) is 53.2 Å². The number of esters is 2. The topological polar surface area (TPSA) is 265 Å². The van der Waals surface area contributed by atoms with Gasteiger partial charge in [0.25, 0.3) is 0 Å². The maximum Gasteiger partial charge on any atom is 0.397 e. The Morgan fingerprint density at radius 1 is 0.470 bits per heavy atom. The largest absolute Gasteiger partial charge is 0.455 e. The second-order valence-corrected chi connectivity index (χ2v) is 27.4. The van der Waals surface area contributed by atoms with Crippen molar-refractivity contribution in [2.75, 3.05) is 13.2 Å². The molecule has 492 valence electrons. The van der Waals surface area contributed by atoms with Crippen LogP contribution in [0.5, 0.6) is 0 Å². The smallest absolute Gasteiger partial charge is 0.397 e. The summed E-state index contributed by atoms with van der Waals surface area (Å²) in [6.45, 7) is 17.9. The number of unbranched alkanes of at least 4 members (excludes halogenated alkanes) is 24. The molecule has 7 N–H and O–H groups in total. The fraction of sp³-hybridized carbons (Fsp3) is 0.969. The summed E-state index contributed by atoms with van der Waals surface area (Å²) < 4.78 is 67.4. The molecule has 2 aliphatic heterocycles. The maximum atomic E-state index is 14.2. The number of aliphatic hydroxyl groups is 6. The van der Waals surface area contributed by atoms with Crippen molar-refractivity contribution < 1.29 is 81.1 Å². The van der Waals surface area contributed by atoms with Crippen LogP contribution in [-0.4, -0.2) is 136 Å². The van der Waals surface area contributed by atoms with Crippen LogP contribution in [0.2, 0.25) is 0 Å². The van der Waals surface area contributed by atoms with Gasteiger partial charge in [-0.05, 0) is 86.9 Å². The fourth-order valence-electron chi connectivity index (χ4n) is 13.1. The molecule has 0 spiro atoms. The molecule has 18 heteroatoms. The molecule has 2 fully saturated rings. The van der Waals surface area contributed by atoms with Gasteiger partial charge in [0, 0.05) is 6.42 Å². The Labute approximate surface area is 504 Å². The van der Waals surface area contributed by atoms with Gasteiger partial charge < -0.3 is 54.3 Å². The van der Waals surface area contributed by atoms with Crippen LogP contribution in [0, 0.1) is 41.4 Å². The molecule has 0 aliphatic carbocycles. The molecular formula is C65H124O17S. The van der Waals surface area contributed by atoms with E-state index >= 15 is 0 Å². The average Bonchev–Trinajstić information content (AvgIpc) is 3.26. The molecule has 0 radical (unpaired) electrons. The molecule has 0 aromatic heterocycles. The number of carbonyl (C=O) groups excluding carboxylic acids is 2. The highest BCUT2D eigenvalue weighted by Gasteiger charge is 2.55. The van der Waals surface area contributed by atoms with Crippen LogP contribution in [0.15, 0.2) is 0 Å². The number of aliphatic hydroxyl groups excluding tert-OH is 6. The van der Waals surface area contributed by atoms with E-state index in [0.717, 1.165) is 70.6 Å². The Kier molecular flexibility index (Phi) is 41.9. The molecule has 0 saturated carbocycles. The number of carbonyl (C=O) groups is 2. The lowest BCUT2D eigenvalue weighted by Gasteiger charge is -2.46. The minimum absolute atomic E-state index is 0.0251. The molecule has 2 rings (SSSR count). The van der Waals surface area contributed by atoms with E-state index in [4.69, 9.17) is 23.7 Å². The monoisotopic (exact) mass is 1210 g/mol. The minimum Gasteiger partial charge on any atom is -0.455 e. The number of hydrogen-bond donors (Lipinski definition) is 7. The summed E-state index contributed by atoms with van der Waals surface area (Å²) in [5.74, 6) is 0.0455. The average molecular weight is 1210 g/mol. The molecule has 0 amide bonds. The van der Waals surface area contributed by atoms with E-state index in [1.165, 1.54) is 128 Å². The van der Waals surface area contributed by atoms with Crippen LogP contribution in [-0.2, 0) is 47.9 Å². The van der Waals surface area contributed by atoms with E-state index in [2.05, 4.69) is 59.6 Å². The second-order valence-electron chi connectivity index (χ2n) is 26.3. The van der Waals surface area contributed by atoms with Crippen molar-refractivity contribution in [2.45, 2.75) is 348 Å². The van der Waals surface area contributed by atoms with E-state index in [-0.39, 0.29) is 24.4 Å². The Balaban J connectivity index is 2.00. The van der Waals surface area contributed by atoms with E-state index in [1.807, 2.05) is 0 Å². The van der Waals surface area contributed by atoms with Crippen molar-refractivity contribution in [3.63, 3.8) is 0 Å². The van der Waals surface area contributed by atoms with Gasteiger partial charge in [0.2, 0.25) is 6.29 Å². The van der Waals surface area contributed by atoms with Crippen LogP contribution < -0.4 is 0 Å². The summed E-state index contributed by atoms with van der Waals surface area (Å²) in [6, 6.07) is 0. The fourth-order valence-corrected chi connectivity index (χ4v) is 13.6. The standard InChI is InChI=1S/C65H124O17S/c1-10-12-14-16-18-20-22-24-26-28-30-32-34-36-53(68)51(8)42-49(6)40-47(4)38-46(3)39-48(5)41-50(7)43-52(9)63(73)80-62-60(79-56(69)37-35-33-31-29-27-25-23-21-19-17-15-13-11-2)58(71)55(45-67)78-65(62)81-64-61(82-83(74,75)76)59(72)57(70)54(44-66)77-64/h46-55,57-62,64-68,70-72H,10-45H2,1-9H3,(H,74,75,76)/t46-,47+,48-,49+,50-,51+,52+,53-,54+,55-,57+,58-,59-,60+,61+,62-,64+,65-/m0/s1. The summed E-state index contributed by atoms with van der Waals surface area (Å²) >= 11 is 0. The number of hydrogen-bond acceptors (Lipinski definition) is 16. The summed E-state index contributed by atoms with van der Waals surface area (Å²) in [4.78, 5) is 27.7. The first kappa shape index (κ1) is 77.5. The van der Waals surface area contributed by atoms with Crippen molar-refractivity contribution >= 4 is 22.3 Å². The first-order chi connectivity index (χ1) is 39.5. The van der Waals surface area contributed by atoms with E-state index in [1.54, 1.807) is 6.92 Å². The maximum absolute atomic E-state index is 14.2. The highest BCUT2D eigenvalue weighted by molar-refractivity contribution is 7.80. The van der Waals surface area contributed by atoms with Crippen LogP contribution in [0.3, 0.4) is 0 Å². The summed E-state index contributed by atoms with van der Waals surface area (Å²) in [6.07, 6.45) is 19.2. The predicted molar refractivity (Wildman–Crippen MR) is 325 cm³/mol. The van der Waals surface area contributed by atoms with E-state index in [0.29, 0.717) is 36.5 Å². The first-order valence-electron chi connectivity index (χ1n) is 33.5. The first-order valence-corrected chi connectivity index (χ1v) is 34.9. The number of rotatable bonds is 50. The normalized spacial score (nSPS) is 26.2. The predicted octanol–water partition coefficient (Wildman–Crippen LogP) is 12.6. The molecule has 0 bridgehead atoms. The third kappa shape index (κ3) is 33.6. The third-order valence-electron chi connectivity index (χ3n) is 17.5. The van der Waals surface area contributed by atoms with Crippen molar-refractivity contribution in [2.24, 2.45) is 41.4 Å². The van der Waals surface area contributed by atoms with Gasteiger partial charge in [-0.3, -0.25) is 14.1 Å². The summed E-state index contributed by atoms with van der Waals surface area (Å²) in [5.41, 5.74) is 0. The van der Waals surface area contributed by atoms with Gasteiger partial charge in [-0.25, -0.2) is 4.18 Å². The van der Waals surface area contributed by atoms with Gasteiger partial charge in [-0.15, -0.1) is 0 Å². The zero-order valence-electron chi connectivity index (χ0n) is 53.5. The Morgan fingerprint density at radius 3 is 1.27 bits per heavy atom. The molecule has 17 nitrogen and oxygen atoms in total. The van der Waals surface area contributed by atoms with Crippen LogP contribution in [0.4, 0.5) is 0 Å². The van der Waals surface area contributed by atoms with Gasteiger partial charge in [0.05, 0.1) is 25.2 Å². The SMILES string of the molecule is CCCCCCCCCCCCCCCC(=O)O[C@@H]1[C@@H](O)[C@H](CO)O[C@@H](O[C@H]2O[C@H](CO)[C@@H](O)[C@H](O)[C@H]2OS(=O)(=O)O)[C@H]1OC(=O)[C@H](C)C[C@@H](C)C[C@@H](C)C[C@@H](C)C[C@@H](C)C[C@@H](C)C[C@@H](C)[C@@H](O)CCCCCCCCCCCCCCC. The summed E-state index contributed by atoms with van der Waals surface area (Å²) in [7, 11) is -5.33. The van der Waals surface area contributed by atoms with Gasteiger partial charge in [-0.1, -0.05) is 223 Å². The van der Waals surface area contributed by atoms with Crippen molar-refractivity contribution in [3.05, 3.63) is 0 Å². The van der Waals surface area contributed by atoms with Gasteiger partial charge in [-0.2, -0.15) is 8.42 Å². The molecule has 83 heavy (non-hydrogen) atoms. The van der Waals surface area contributed by atoms with Crippen molar-refractivity contribution in [1.82, 2.24) is 0 Å². The summed E-state index contributed by atoms with van der Waals surface area (Å²) in [5, 5.41) is 64.3. The molecule has 0 aromatic rings. The minimum atomic E-state index is -5.33. The molecule has 2 heterocycles. The lowest BCUT2D eigenvalue weighted by atomic mass is 9.80. The van der Waals surface area contributed by atoms with Crippen LogP contribution >= 0.6 is 0 Å². The molecule has 0 aromatic carbocycles. The zero-order valence-corrected chi connectivity index (χ0v) is 54.3.